The van der Waals surface area contributed by atoms with Gasteiger partial charge in [-0.05, 0) is 38.5 Å². The zero-order valence-corrected chi connectivity index (χ0v) is 18.0. The summed E-state index contributed by atoms with van der Waals surface area (Å²) in [6.45, 7) is 6.42. The minimum Gasteiger partial charge on any atom is -0.493 e. The number of amides is 1. The highest BCUT2D eigenvalue weighted by Gasteiger charge is 2.28. The number of ether oxygens (including phenoxy) is 3. The van der Waals surface area contributed by atoms with Crippen LogP contribution in [-0.4, -0.2) is 43.6 Å². The number of esters is 1. The van der Waals surface area contributed by atoms with Gasteiger partial charge in [-0.2, -0.15) is 0 Å². The van der Waals surface area contributed by atoms with Crippen molar-refractivity contribution in [3.8, 4) is 11.5 Å². The van der Waals surface area contributed by atoms with Crippen molar-refractivity contribution in [2.24, 2.45) is 0 Å². The van der Waals surface area contributed by atoms with Gasteiger partial charge in [0, 0.05) is 18.7 Å². The largest absolute Gasteiger partial charge is 0.493 e. The summed E-state index contributed by atoms with van der Waals surface area (Å²) < 4.78 is 16.5. The predicted octanol–water partition coefficient (Wildman–Crippen LogP) is 4.26. The molecule has 0 aliphatic rings. The van der Waals surface area contributed by atoms with Gasteiger partial charge >= 0.3 is 5.97 Å². The van der Waals surface area contributed by atoms with Crippen molar-refractivity contribution in [1.82, 2.24) is 4.90 Å². The number of rotatable bonds is 10. The van der Waals surface area contributed by atoms with Crippen molar-refractivity contribution >= 4 is 18.0 Å². The van der Waals surface area contributed by atoms with E-state index in [0.29, 0.717) is 30.2 Å². The molecule has 0 spiro atoms. The number of nitrogens with zero attached hydrogens (tertiary/aromatic N) is 1. The molecule has 0 heterocycles. The van der Waals surface area contributed by atoms with Gasteiger partial charge in [-0.15, -0.1) is 0 Å². The lowest BCUT2D eigenvalue weighted by Gasteiger charge is -2.25. The summed E-state index contributed by atoms with van der Waals surface area (Å²) in [5, 5.41) is 0. The molecule has 0 aliphatic carbocycles. The Hall–Kier alpha value is -3.28. The minimum absolute atomic E-state index is 0.257. The zero-order chi connectivity index (χ0) is 21.9. The van der Waals surface area contributed by atoms with Crippen LogP contribution in [0.1, 0.15) is 38.0 Å². The van der Waals surface area contributed by atoms with Crippen molar-refractivity contribution in [3.63, 3.8) is 0 Å². The average Bonchev–Trinajstić information content (AvgIpc) is 2.78. The number of hydrogen-bond acceptors (Lipinski definition) is 5. The summed E-state index contributed by atoms with van der Waals surface area (Å²) in [5.74, 6) is 0.0445. The third-order valence-electron chi connectivity index (χ3n) is 4.54. The summed E-state index contributed by atoms with van der Waals surface area (Å²) in [4.78, 5) is 27.0. The van der Waals surface area contributed by atoms with Crippen molar-refractivity contribution in [2.75, 3.05) is 26.8 Å². The normalized spacial score (nSPS) is 11.7. The number of carbonyl (C=O) groups is 2. The van der Waals surface area contributed by atoms with E-state index < -0.39 is 12.1 Å². The first-order chi connectivity index (χ1) is 14.5. The molecule has 6 nitrogen and oxygen atoms in total. The molecule has 0 aromatic heterocycles. The smallest absolute Gasteiger partial charge is 0.345 e. The maximum Gasteiger partial charge on any atom is 0.345 e. The third-order valence-corrected chi connectivity index (χ3v) is 4.54. The molecule has 0 bridgehead atoms. The Morgan fingerprint density at radius 2 is 1.73 bits per heavy atom. The van der Waals surface area contributed by atoms with E-state index in [0.717, 1.165) is 5.56 Å². The van der Waals surface area contributed by atoms with E-state index in [4.69, 9.17) is 14.2 Å². The maximum absolute atomic E-state index is 12.9. The Kier molecular flexibility index (Phi) is 8.94. The molecule has 2 aromatic rings. The van der Waals surface area contributed by atoms with Crippen molar-refractivity contribution in [3.05, 3.63) is 65.7 Å². The quantitative estimate of drug-likeness (QED) is 0.547. The SMILES string of the molecule is C/C=C/c1ccc(OCC(=O)O[C@@H](C(=O)N(CC)CC)c2ccccc2)c(OC)c1. The molecule has 2 rings (SSSR count). The van der Waals surface area contributed by atoms with Crippen molar-refractivity contribution in [1.29, 1.82) is 0 Å². The summed E-state index contributed by atoms with van der Waals surface area (Å²) in [6.07, 6.45) is 2.84. The van der Waals surface area contributed by atoms with E-state index in [2.05, 4.69) is 0 Å². The molecule has 0 saturated carbocycles. The van der Waals surface area contributed by atoms with Crippen LogP contribution in [0.2, 0.25) is 0 Å². The standard InChI is InChI=1S/C24H29NO5/c1-5-11-18-14-15-20(21(16-18)28-4)29-17-22(26)30-23(19-12-9-8-10-13-19)24(27)25(6-2)7-3/h5,8-16,23H,6-7,17H2,1-4H3/b11-5+/t23-/m1/s1. The number of carbonyl (C=O) groups excluding carboxylic acids is 2. The summed E-state index contributed by atoms with van der Waals surface area (Å²) in [5.41, 5.74) is 1.58. The molecular weight excluding hydrogens is 382 g/mol. The highest BCUT2D eigenvalue weighted by molar-refractivity contribution is 5.85. The van der Waals surface area contributed by atoms with Crippen LogP contribution in [0.5, 0.6) is 11.5 Å². The van der Waals surface area contributed by atoms with E-state index >= 15 is 0 Å². The van der Waals surface area contributed by atoms with Gasteiger partial charge in [-0.1, -0.05) is 48.6 Å². The summed E-state index contributed by atoms with van der Waals surface area (Å²) in [6, 6.07) is 14.4. The Morgan fingerprint density at radius 1 is 1.03 bits per heavy atom. The van der Waals surface area contributed by atoms with E-state index in [9.17, 15) is 9.59 Å². The molecule has 30 heavy (non-hydrogen) atoms. The van der Waals surface area contributed by atoms with Crippen LogP contribution in [0.25, 0.3) is 6.08 Å². The van der Waals surface area contributed by atoms with Gasteiger partial charge in [0.15, 0.2) is 18.1 Å². The molecule has 0 radical (unpaired) electrons. The second kappa shape index (κ2) is 11.7. The molecule has 1 atom stereocenters. The first kappa shape index (κ1) is 23.0. The fraction of sp³-hybridized carbons (Fsp3) is 0.333. The molecule has 0 N–H and O–H groups in total. The van der Waals surface area contributed by atoms with E-state index in [-0.39, 0.29) is 12.5 Å². The Bertz CT molecular complexity index is 859. The lowest BCUT2D eigenvalue weighted by Crippen LogP contribution is -2.37. The van der Waals surface area contributed by atoms with Crippen LogP contribution in [-0.2, 0) is 14.3 Å². The third kappa shape index (κ3) is 6.11. The minimum atomic E-state index is -1.01. The molecule has 0 fully saturated rings. The lowest BCUT2D eigenvalue weighted by molar-refractivity contribution is -0.162. The molecule has 1 amide bonds. The molecule has 0 aliphatic heterocycles. The second-order valence-corrected chi connectivity index (χ2v) is 6.49. The van der Waals surface area contributed by atoms with Crippen molar-refractivity contribution in [2.45, 2.75) is 26.9 Å². The molecule has 160 valence electrons. The number of benzene rings is 2. The highest BCUT2D eigenvalue weighted by Crippen LogP contribution is 2.29. The van der Waals surface area contributed by atoms with E-state index in [1.54, 1.807) is 35.2 Å². The van der Waals surface area contributed by atoms with Crippen LogP contribution < -0.4 is 9.47 Å². The van der Waals surface area contributed by atoms with E-state index in [1.165, 1.54) is 7.11 Å². The monoisotopic (exact) mass is 411 g/mol. The van der Waals surface area contributed by atoms with E-state index in [1.807, 2.05) is 51.1 Å². The molecular formula is C24H29NO5. The maximum atomic E-state index is 12.9. The Labute approximate surface area is 178 Å². The van der Waals surface area contributed by atoms with Crippen molar-refractivity contribution < 1.29 is 23.8 Å². The number of allylic oxidation sites excluding steroid dienone is 1. The number of methoxy groups -OCH3 is 1. The highest BCUT2D eigenvalue weighted by atomic mass is 16.6. The fourth-order valence-electron chi connectivity index (χ4n) is 2.99. The summed E-state index contributed by atoms with van der Waals surface area (Å²) in [7, 11) is 1.54. The van der Waals surface area contributed by atoms with Gasteiger partial charge in [-0.3, -0.25) is 4.79 Å². The van der Waals surface area contributed by atoms with Gasteiger partial charge in [0.25, 0.3) is 5.91 Å². The summed E-state index contributed by atoms with van der Waals surface area (Å²) >= 11 is 0. The van der Waals surface area contributed by atoms with Crippen LogP contribution in [0.3, 0.4) is 0 Å². The van der Waals surface area contributed by atoms with Crippen LogP contribution >= 0.6 is 0 Å². The molecule has 0 unspecified atom stereocenters. The second-order valence-electron chi connectivity index (χ2n) is 6.49. The first-order valence-electron chi connectivity index (χ1n) is 10.0. The Morgan fingerprint density at radius 3 is 2.33 bits per heavy atom. The zero-order valence-electron chi connectivity index (χ0n) is 18.0. The number of likely N-dealkylation sites (N-methyl/N-ethyl adjacent to an activating group) is 1. The Balaban J connectivity index is 2.12. The van der Waals surface area contributed by atoms with Crippen LogP contribution in [0.15, 0.2) is 54.6 Å². The van der Waals surface area contributed by atoms with Gasteiger partial charge in [0.1, 0.15) is 0 Å². The van der Waals surface area contributed by atoms with Crippen LogP contribution in [0, 0.1) is 0 Å². The van der Waals surface area contributed by atoms with Gasteiger partial charge in [0.2, 0.25) is 6.10 Å². The molecule has 0 saturated heterocycles. The fourth-order valence-corrected chi connectivity index (χ4v) is 2.99. The number of hydrogen-bond donors (Lipinski definition) is 0. The first-order valence-corrected chi connectivity index (χ1v) is 10.0. The van der Waals surface area contributed by atoms with Crippen LogP contribution in [0.4, 0.5) is 0 Å². The van der Waals surface area contributed by atoms with Gasteiger partial charge in [-0.25, -0.2) is 4.79 Å². The van der Waals surface area contributed by atoms with Gasteiger partial charge in [0.05, 0.1) is 7.11 Å². The molecule has 6 heteroatoms. The predicted molar refractivity (Wildman–Crippen MR) is 116 cm³/mol. The topological polar surface area (TPSA) is 65.1 Å². The lowest BCUT2D eigenvalue weighted by atomic mass is 10.1. The molecule has 2 aromatic carbocycles. The van der Waals surface area contributed by atoms with Gasteiger partial charge < -0.3 is 19.1 Å². The average molecular weight is 411 g/mol.